The van der Waals surface area contributed by atoms with E-state index in [-0.39, 0.29) is 6.61 Å². The van der Waals surface area contributed by atoms with Crippen LogP contribution in [0.25, 0.3) is 0 Å². The third kappa shape index (κ3) is 2.41. The van der Waals surface area contributed by atoms with Gasteiger partial charge in [0.1, 0.15) is 5.15 Å². The minimum atomic E-state index is -0.00324. The molecular formula is C11H15ClN4OS. The van der Waals surface area contributed by atoms with Gasteiger partial charge in [0.05, 0.1) is 24.2 Å². The number of rotatable bonds is 4. The van der Waals surface area contributed by atoms with Crippen molar-refractivity contribution in [3.8, 4) is 0 Å². The van der Waals surface area contributed by atoms with Gasteiger partial charge in [-0.05, 0) is 6.92 Å². The van der Waals surface area contributed by atoms with Crippen LogP contribution in [0, 0.1) is 6.92 Å². The molecule has 0 aromatic carbocycles. The molecule has 0 aliphatic carbocycles. The van der Waals surface area contributed by atoms with Crippen molar-refractivity contribution in [3.63, 3.8) is 0 Å². The summed E-state index contributed by atoms with van der Waals surface area (Å²) in [5.74, 6) is 0.716. The third-order valence-electron chi connectivity index (χ3n) is 2.82. The largest absolute Gasteiger partial charge is 0.390 e. The predicted molar refractivity (Wildman–Crippen MR) is 71.6 cm³/mol. The van der Waals surface area contributed by atoms with Crippen molar-refractivity contribution in [2.24, 2.45) is 14.1 Å². The van der Waals surface area contributed by atoms with Crippen molar-refractivity contribution in [2.75, 3.05) is 0 Å². The van der Waals surface area contributed by atoms with E-state index in [1.165, 1.54) is 0 Å². The van der Waals surface area contributed by atoms with Crippen molar-refractivity contribution in [2.45, 2.75) is 24.4 Å². The predicted octanol–water partition coefficient (Wildman–Crippen LogP) is 1.90. The quantitative estimate of drug-likeness (QED) is 0.872. The molecule has 0 aliphatic rings. The van der Waals surface area contributed by atoms with Gasteiger partial charge in [0, 0.05) is 25.4 Å². The van der Waals surface area contributed by atoms with Crippen LogP contribution in [-0.4, -0.2) is 24.4 Å². The molecule has 0 radical (unpaired) electrons. The smallest absolute Gasteiger partial charge is 0.168 e. The number of aryl methyl sites for hydroxylation is 2. The van der Waals surface area contributed by atoms with Crippen molar-refractivity contribution >= 4 is 23.4 Å². The molecule has 0 aliphatic heterocycles. The van der Waals surface area contributed by atoms with Gasteiger partial charge in [-0.3, -0.25) is 4.68 Å². The number of imidazole rings is 1. The van der Waals surface area contributed by atoms with Crippen LogP contribution in [0.15, 0.2) is 11.4 Å². The van der Waals surface area contributed by atoms with E-state index in [1.807, 2.05) is 25.6 Å². The topological polar surface area (TPSA) is 55.9 Å². The minimum Gasteiger partial charge on any atom is -0.390 e. The highest BCUT2D eigenvalue weighted by Crippen LogP contribution is 2.27. The van der Waals surface area contributed by atoms with E-state index in [0.717, 1.165) is 22.1 Å². The van der Waals surface area contributed by atoms with Gasteiger partial charge in [0.2, 0.25) is 0 Å². The molecule has 0 unspecified atom stereocenters. The second-order valence-corrected chi connectivity index (χ2v) is 5.32. The van der Waals surface area contributed by atoms with Gasteiger partial charge < -0.3 is 9.67 Å². The Hall–Kier alpha value is -0.980. The van der Waals surface area contributed by atoms with E-state index >= 15 is 0 Å². The number of hydrogen-bond acceptors (Lipinski definition) is 4. The lowest BCUT2D eigenvalue weighted by Gasteiger charge is -2.03. The molecule has 2 rings (SSSR count). The van der Waals surface area contributed by atoms with E-state index < -0.39 is 0 Å². The molecule has 0 saturated heterocycles. The highest BCUT2D eigenvalue weighted by molar-refractivity contribution is 7.98. The van der Waals surface area contributed by atoms with Gasteiger partial charge >= 0.3 is 0 Å². The molecule has 0 saturated carbocycles. The van der Waals surface area contributed by atoms with Crippen LogP contribution < -0.4 is 0 Å². The molecule has 0 bridgehead atoms. The van der Waals surface area contributed by atoms with Crippen LogP contribution in [0.2, 0.25) is 5.15 Å². The van der Waals surface area contributed by atoms with E-state index in [9.17, 15) is 0 Å². The number of hydrogen-bond donors (Lipinski definition) is 1. The summed E-state index contributed by atoms with van der Waals surface area (Å²) in [6, 6.07) is 0. The molecule has 2 heterocycles. The van der Waals surface area contributed by atoms with E-state index in [1.54, 1.807) is 22.6 Å². The second-order valence-electron chi connectivity index (χ2n) is 4.02. The summed E-state index contributed by atoms with van der Waals surface area (Å²) < 4.78 is 3.55. The molecule has 2 aromatic heterocycles. The maximum absolute atomic E-state index is 9.10. The molecular weight excluding hydrogens is 272 g/mol. The Bertz CT molecular complexity index is 564. The lowest BCUT2D eigenvalue weighted by atomic mass is 10.3. The zero-order valence-electron chi connectivity index (χ0n) is 10.5. The van der Waals surface area contributed by atoms with Crippen LogP contribution in [0.4, 0.5) is 0 Å². The molecule has 0 atom stereocenters. The first kappa shape index (κ1) is 13.5. The molecule has 5 nitrogen and oxygen atoms in total. The maximum Gasteiger partial charge on any atom is 0.168 e. The SMILES string of the molecule is Cc1nn(C)c(Cl)c1CSc1ncc(CO)n1C. The summed E-state index contributed by atoms with van der Waals surface area (Å²) in [5, 5.41) is 14.9. The van der Waals surface area contributed by atoms with Crippen molar-refractivity contribution in [3.05, 3.63) is 28.3 Å². The fourth-order valence-corrected chi connectivity index (χ4v) is 3.06. The average Bonchev–Trinajstić information content (AvgIpc) is 2.80. The Labute approximate surface area is 115 Å². The lowest BCUT2D eigenvalue weighted by molar-refractivity contribution is 0.271. The number of aromatic nitrogens is 4. The number of thioether (sulfide) groups is 1. The van der Waals surface area contributed by atoms with Crippen LogP contribution in [0.1, 0.15) is 17.0 Å². The zero-order chi connectivity index (χ0) is 13.3. The molecule has 18 heavy (non-hydrogen) atoms. The number of aliphatic hydroxyl groups is 1. The molecule has 0 amide bonds. The fourth-order valence-electron chi connectivity index (χ4n) is 1.68. The molecule has 0 spiro atoms. The molecule has 0 fully saturated rings. The Morgan fingerprint density at radius 1 is 1.44 bits per heavy atom. The molecule has 98 valence electrons. The second kappa shape index (κ2) is 5.34. The summed E-state index contributed by atoms with van der Waals surface area (Å²) in [5.41, 5.74) is 2.76. The Balaban J connectivity index is 2.14. The van der Waals surface area contributed by atoms with Crippen molar-refractivity contribution in [1.29, 1.82) is 0 Å². The first-order chi connectivity index (χ1) is 8.54. The normalized spacial score (nSPS) is 11.2. The summed E-state index contributed by atoms with van der Waals surface area (Å²) >= 11 is 7.75. The first-order valence-electron chi connectivity index (χ1n) is 5.46. The van der Waals surface area contributed by atoms with Crippen LogP contribution in [0.3, 0.4) is 0 Å². The fraction of sp³-hybridized carbons (Fsp3) is 0.455. The number of aliphatic hydroxyl groups excluding tert-OH is 1. The van der Waals surface area contributed by atoms with Gasteiger partial charge in [-0.1, -0.05) is 23.4 Å². The number of halogens is 1. The highest BCUT2D eigenvalue weighted by Gasteiger charge is 2.13. The van der Waals surface area contributed by atoms with Gasteiger partial charge in [0.15, 0.2) is 5.16 Å². The summed E-state index contributed by atoms with van der Waals surface area (Å²) in [7, 11) is 3.72. The monoisotopic (exact) mass is 286 g/mol. The van der Waals surface area contributed by atoms with Gasteiger partial charge in [-0.2, -0.15) is 5.10 Å². The molecule has 1 N–H and O–H groups in total. The van der Waals surface area contributed by atoms with Gasteiger partial charge in [-0.15, -0.1) is 0 Å². The number of nitrogens with zero attached hydrogens (tertiary/aromatic N) is 4. The minimum absolute atomic E-state index is 0.00324. The highest BCUT2D eigenvalue weighted by atomic mass is 35.5. The molecule has 2 aromatic rings. The zero-order valence-corrected chi connectivity index (χ0v) is 12.1. The Kier molecular flexibility index (Phi) is 3.99. The van der Waals surface area contributed by atoms with Gasteiger partial charge in [-0.25, -0.2) is 4.98 Å². The Morgan fingerprint density at radius 3 is 2.67 bits per heavy atom. The van der Waals surface area contributed by atoms with Crippen molar-refractivity contribution in [1.82, 2.24) is 19.3 Å². The van der Waals surface area contributed by atoms with Crippen molar-refractivity contribution < 1.29 is 5.11 Å². The lowest BCUT2D eigenvalue weighted by Crippen LogP contribution is -1.97. The van der Waals surface area contributed by atoms with E-state index in [2.05, 4.69) is 10.1 Å². The summed E-state index contributed by atoms with van der Waals surface area (Å²) in [4.78, 5) is 4.26. The first-order valence-corrected chi connectivity index (χ1v) is 6.83. The summed E-state index contributed by atoms with van der Waals surface area (Å²) in [6.45, 7) is 1.94. The van der Waals surface area contributed by atoms with E-state index in [0.29, 0.717) is 10.9 Å². The maximum atomic E-state index is 9.10. The molecule has 7 heteroatoms. The van der Waals surface area contributed by atoms with Crippen LogP contribution >= 0.6 is 23.4 Å². The third-order valence-corrected chi connectivity index (χ3v) is 4.36. The summed E-state index contributed by atoms with van der Waals surface area (Å²) in [6.07, 6.45) is 1.68. The Morgan fingerprint density at radius 2 is 2.17 bits per heavy atom. The van der Waals surface area contributed by atoms with E-state index in [4.69, 9.17) is 16.7 Å². The average molecular weight is 287 g/mol. The van der Waals surface area contributed by atoms with Crippen LogP contribution in [-0.2, 0) is 26.5 Å². The van der Waals surface area contributed by atoms with Crippen LogP contribution in [0.5, 0.6) is 0 Å². The van der Waals surface area contributed by atoms with Gasteiger partial charge in [0.25, 0.3) is 0 Å². The standard InChI is InChI=1S/C11H15ClN4OS/c1-7-9(10(12)16(3)14-7)6-18-11-13-4-8(5-17)15(11)2/h4,17H,5-6H2,1-3H3.